The predicted octanol–water partition coefficient (Wildman–Crippen LogP) is 4.08. The van der Waals surface area contributed by atoms with Crippen LogP contribution >= 0.6 is 0 Å². The molecule has 30 heavy (non-hydrogen) atoms. The number of nitrogens with one attached hydrogen (secondary N) is 2. The number of halogens is 2. The third-order valence-electron chi connectivity index (χ3n) is 5.17. The van der Waals surface area contributed by atoms with E-state index in [1.807, 2.05) is 0 Å². The Kier molecular flexibility index (Phi) is 5.72. The van der Waals surface area contributed by atoms with Gasteiger partial charge in [-0.15, -0.1) is 0 Å². The fourth-order valence-corrected chi connectivity index (χ4v) is 3.60. The lowest BCUT2D eigenvalue weighted by Crippen LogP contribution is -2.50. The molecule has 5 nitrogen and oxygen atoms in total. The molecule has 1 fully saturated rings. The summed E-state index contributed by atoms with van der Waals surface area (Å²) in [6.07, 6.45) is 1.48. The summed E-state index contributed by atoms with van der Waals surface area (Å²) in [6, 6.07) is 14.5. The second-order valence-electron chi connectivity index (χ2n) is 7.29. The van der Waals surface area contributed by atoms with Crippen LogP contribution in [0.25, 0.3) is 11.1 Å². The third-order valence-corrected chi connectivity index (χ3v) is 5.17. The molecule has 7 heteroatoms. The van der Waals surface area contributed by atoms with E-state index >= 15 is 0 Å². The van der Waals surface area contributed by atoms with Crippen LogP contribution in [-0.2, 0) is 0 Å². The zero-order chi connectivity index (χ0) is 21.1. The highest BCUT2D eigenvalue weighted by Crippen LogP contribution is 2.29. The third kappa shape index (κ3) is 4.16. The molecular formula is C23H22F2N4O. The molecule has 1 saturated heterocycles. The number of hydrogen-bond acceptors (Lipinski definition) is 4. The molecule has 1 aliphatic heterocycles. The molecule has 0 spiro atoms. The topological polar surface area (TPSA) is 57.3 Å². The van der Waals surface area contributed by atoms with Gasteiger partial charge in [0.25, 0.3) is 5.91 Å². The summed E-state index contributed by atoms with van der Waals surface area (Å²) in [5.41, 5.74) is 0.682. The van der Waals surface area contributed by atoms with Crippen molar-refractivity contribution in [1.29, 1.82) is 0 Å². The first-order valence-corrected chi connectivity index (χ1v) is 9.82. The Morgan fingerprint density at radius 3 is 2.50 bits per heavy atom. The minimum atomic E-state index is -0.738. The van der Waals surface area contributed by atoms with Crippen LogP contribution < -0.4 is 15.5 Å². The molecule has 1 aromatic heterocycles. The van der Waals surface area contributed by atoms with E-state index in [0.717, 1.165) is 37.6 Å². The highest BCUT2D eigenvalue weighted by Gasteiger charge is 2.20. The summed E-state index contributed by atoms with van der Waals surface area (Å²) in [6.45, 7) is 4.70. The van der Waals surface area contributed by atoms with E-state index < -0.39 is 17.5 Å². The molecule has 154 valence electrons. The zero-order valence-electron chi connectivity index (χ0n) is 16.5. The number of amides is 1. The number of hydrogen-bond donors (Lipinski definition) is 2. The fraction of sp³-hybridized carbons (Fsp3) is 0.217. The van der Waals surface area contributed by atoms with Crippen molar-refractivity contribution in [3.05, 3.63) is 78.0 Å². The molecule has 2 N–H and O–H groups in total. The van der Waals surface area contributed by atoms with Gasteiger partial charge in [0.2, 0.25) is 0 Å². The van der Waals surface area contributed by atoms with Crippen LogP contribution in [-0.4, -0.2) is 36.6 Å². The van der Waals surface area contributed by atoms with Crippen molar-refractivity contribution >= 4 is 17.4 Å². The first-order valence-electron chi connectivity index (χ1n) is 9.82. The van der Waals surface area contributed by atoms with Crippen molar-refractivity contribution in [2.45, 2.75) is 13.0 Å². The van der Waals surface area contributed by atoms with Crippen LogP contribution in [0.15, 0.2) is 60.8 Å². The number of benzene rings is 2. The van der Waals surface area contributed by atoms with Gasteiger partial charge in [0.15, 0.2) is 0 Å². The molecular weight excluding hydrogens is 386 g/mol. The van der Waals surface area contributed by atoms with Crippen LogP contribution in [0.1, 0.15) is 17.3 Å². The SMILES string of the molecule is C[C@@H]1CNCCN1c1ccc(C(=O)Nc2cc(F)c(-c3ccccc3)c(F)c2)cn1. The monoisotopic (exact) mass is 408 g/mol. The molecule has 1 atom stereocenters. The van der Waals surface area contributed by atoms with E-state index in [1.165, 1.54) is 6.20 Å². The maximum atomic E-state index is 14.5. The number of pyridine rings is 1. The molecule has 0 bridgehead atoms. The first-order chi connectivity index (χ1) is 14.5. The molecule has 3 aromatic rings. The lowest BCUT2D eigenvalue weighted by Gasteiger charge is -2.34. The number of rotatable bonds is 4. The highest BCUT2D eigenvalue weighted by atomic mass is 19.1. The van der Waals surface area contributed by atoms with Gasteiger partial charge in [-0.2, -0.15) is 0 Å². The number of carbonyl (C=O) groups excluding carboxylic acids is 1. The van der Waals surface area contributed by atoms with Gasteiger partial charge >= 0.3 is 0 Å². The van der Waals surface area contributed by atoms with Crippen LogP contribution in [0.3, 0.4) is 0 Å². The van der Waals surface area contributed by atoms with Gasteiger partial charge in [-0.3, -0.25) is 4.79 Å². The maximum absolute atomic E-state index is 14.5. The van der Waals surface area contributed by atoms with E-state index in [0.29, 0.717) is 17.2 Å². The molecule has 0 saturated carbocycles. The lowest BCUT2D eigenvalue weighted by atomic mass is 10.0. The number of anilines is 2. The van der Waals surface area contributed by atoms with Crippen molar-refractivity contribution < 1.29 is 13.6 Å². The Hall–Kier alpha value is -3.32. The smallest absolute Gasteiger partial charge is 0.257 e. The average Bonchev–Trinajstić information content (AvgIpc) is 2.74. The van der Waals surface area contributed by atoms with Crippen LogP contribution in [0.5, 0.6) is 0 Å². The largest absolute Gasteiger partial charge is 0.351 e. The number of piperazine rings is 1. The van der Waals surface area contributed by atoms with Crippen molar-refractivity contribution in [3.63, 3.8) is 0 Å². The Morgan fingerprint density at radius 1 is 1.13 bits per heavy atom. The molecule has 0 aliphatic carbocycles. The van der Waals surface area contributed by atoms with E-state index in [4.69, 9.17) is 0 Å². The molecule has 2 aromatic carbocycles. The van der Waals surface area contributed by atoms with Gasteiger partial charge in [-0.25, -0.2) is 13.8 Å². The summed E-state index contributed by atoms with van der Waals surface area (Å²) in [7, 11) is 0. The minimum absolute atomic E-state index is 0.0504. The fourth-order valence-electron chi connectivity index (χ4n) is 3.60. The standard InChI is InChI=1S/C23H22F2N4O/c1-15-13-26-9-10-29(15)21-8-7-17(14-27-21)23(30)28-18-11-19(24)22(20(25)12-18)16-5-3-2-4-6-16/h2-8,11-12,14-15,26H,9-10,13H2,1H3,(H,28,30)/t15-/m1/s1. The second kappa shape index (κ2) is 8.59. The summed E-state index contributed by atoms with van der Waals surface area (Å²) < 4.78 is 29.1. The highest BCUT2D eigenvalue weighted by molar-refractivity contribution is 6.04. The van der Waals surface area contributed by atoms with Crippen molar-refractivity contribution in [3.8, 4) is 11.1 Å². The minimum Gasteiger partial charge on any atom is -0.351 e. The second-order valence-corrected chi connectivity index (χ2v) is 7.29. The van der Waals surface area contributed by atoms with Crippen molar-refractivity contribution in [2.75, 3.05) is 29.9 Å². The Balaban J connectivity index is 1.50. The molecule has 0 unspecified atom stereocenters. The van der Waals surface area contributed by atoms with Crippen LogP contribution in [0.2, 0.25) is 0 Å². The van der Waals surface area contributed by atoms with E-state index in [1.54, 1.807) is 42.5 Å². The molecule has 1 amide bonds. The maximum Gasteiger partial charge on any atom is 0.257 e. The number of carbonyl (C=O) groups is 1. The molecule has 4 rings (SSSR count). The van der Waals surface area contributed by atoms with Crippen molar-refractivity contribution in [2.24, 2.45) is 0 Å². The number of aromatic nitrogens is 1. The lowest BCUT2D eigenvalue weighted by molar-refractivity contribution is 0.102. The molecule has 2 heterocycles. The average molecular weight is 408 g/mol. The Morgan fingerprint density at radius 2 is 1.87 bits per heavy atom. The molecule has 1 aliphatic rings. The predicted molar refractivity (Wildman–Crippen MR) is 114 cm³/mol. The van der Waals surface area contributed by atoms with Gasteiger partial charge in [0, 0.05) is 37.6 Å². The quantitative estimate of drug-likeness (QED) is 0.683. The van der Waals surface area contributed by atoms with Crippen LogP contribution in [0.4, 0.5) is 20.3 Å². The van der Waals surface area contributed by atoms with Gasteiger partial charge < -0.3 is 15.5 Å². The van der Waals surface area contributed by atoms with Crippen LogP contribution in [0, 0.1) is 11.6 Å². The number of nitrogens with zero attached hydrogens (tertiary/aromatic N) is 2. The van der Waals surface area contributed by atoms with E-state index in [2.05, 4.69) is 27.4 Å². The summed E-state index contributed by atoms with van der Waals surface area (Å²) in [4.78, 5) is 19.1. The van der Waals surface area contributed by atoms with Gasteiger partial charge in [0.05, 0.1) is 11.1 Å². The van der Waals surface area contributed by atoms with Gasteiger partial charge in [0.1, 0.15) is 17.5 Å². The summed E-state index contributed by atoms with van der Waals surface area (Å²) in [5.74, 6) is -1.16. The summed E-state index contributed by atoms with van der Waals surface area (Å²) in [5, 5.41) is 5.86. The van der Waals surface area contributed by atoms with E-state index in [9.17, 15) is 13.6 Å². The van der Waals surface area contributed by atoms with Gasteiger partial charge in [-0.05, 0) is 36.8 Å². The zero-order valence-corrected chi connectivity index (χ0v) is 16.5. The van der Waals surface area contributed by atoms with Gasteiger partial charge in [-0.1, -0.05) is 30.3 Å². The van der Waals surface area contributed by atoms with Crippen molar-refractivity contribution in [1.82, 2.24) is 10.3 Å². The van der Waals surface area contributed by atoms with E-state index in [-0.39, 0.29) is 11.3 Å². The normalized spacial score (nSPS) is 16.4. The first kappa shape index (κ1) is 20.0. The Bertz CT molecular complexity index is 1020. The summed E-state index contributed by atoms with van der Waals surface area (Å²) >= 11 is 0. The Labute approximate surface area is 173 Å². The molecule has 0 radical (unpaired) electrons.